The number of hydrogen-bond donors (Lipinski definition) is 16. The summed E-state index contributed by atoms with van der Waals surface area (Å²) in [5.41, 5.74) is 4.29. The summed E-state index contributed by atoms with van der Waals surface area (Å²) in [6.45, 7) is 4.35. The first-order chi connectivity index (χ1) is 38.2. The lowest BCUT2D eigenvalue weighted by molar-refractivity contribution is -0.143. The van der Waals surface area contributed by atoms with Gasteiger partial charge in [0, 0.05) is 36.2 Å². The van der Waals surface area contributed by atoms with Crippen molar-refractivity contribution in [1.29, 1.82) is 5.41 Å². The molecule has 0 fully saturated rings. The molecule has 5 aromatic carbocycles. The quantitative estimate of drug-likeness (QED) is 0.101. The molecular weight excluding hydrogens is 1100 g/mol. The number of benzene rings is 5. The van der Waals surface area contributed by atoms with Gasteiger partial charge in [0.05, 0.1) is 22.5 Å². The highest BCUT2D eigenvalue weighted by molar-refractivity contribution is 6.32. The summed E-state index contributed by atoms with van der Waals surface area (Å²) < 4.78 is 12.3. The number of fused-ring (bicyclic) bond motifs is 16. The number of hydrogen-bond acceptors (Lipinski definition) is 17. The molecule has 17 N–H and O–H groups in total. The molecule has 0 saturated carbocycles. The third kappa shape index (κ3) is 13.8. The molecule has 0 aromatic heterocycles. The van der Waals surface area contributed by atoms with E-state index in [1.807, 2.05) is 13.8 Å². The maximum absolute atomic E-state index is 14.7. The van der Waals surface area contributed by atoms with Crippen LogP contribution in [0.4, 0.5) is 0 Å². The van der Waals surface area contributed by atoms with Gasteiger partial charge in [-0.1, -0.05) is 55.2 Å². The Morgan fingerprint density at radius 1 is 0.741 bits per heavy atom. The molecule has 428 valence electrons. The molecule has 0 spiro atoms. The minimum atomic E-state index is -2.17. The average Bonchev–Trinajstić information content (AvgIpc) is 3.45. The second kappa shape index (κ2) is 25.1. The maximum Gasteiger partial charge on any atom is 0.330 e. The third-order valence-corrected chi connectivity index (χ3v) is 13.7. The minimum Gasteiger partial charge on any atom is -0.508 e. The van der Waals surface area contributed by atoms with E-state index < -0.39 is 148 Å². The number of phenolic OH excluding ortho intramolecular Hbond substituents is 4. The first-order valence-corrected chi connectivity index (χ1v) is 25.6. The topological polar surface area (TPSA) is 414 Å². The van der Waals surface area contributed by atoms with Crippen LogP contribution >= 0.6 is 23.2 Å². The van der Waals surface area contributed by atoms with Gasteiger partial charge in [-0.3, -0.25) is 34.2 Å². The third-order valence-electron chi connectivity index (χ3n) is 13.1. The van der Waals surface area contributed by atoms with Crippen LogP contribution in [0.25, 0.3) is 11.1 Å². The minimum absolute atomic E-state index is 0.00636. The van der Waals surface area contributed by atoms with Crippen molar-refractivity contribution in [2.24, 2.45) is 11.7 Å². The summed E-state index contributed by atoms with van der Waals surface area (Å²) in [6, 6.07) is 4.62. The van der Waals surface area contributed by atoms with Crippen LogP contribution < -0.4 is 52.4 Å². The molecule has 27 heteroatoms. The van der Waals surface area contributed by atoms with Crippen molar-refractivity contribution in [2.45, 2.75) is 88.6 Å². The van der Waals surface area contributed by atoms with E-state index in [2.05, 4.69) is 37.2 Å². The monoisotopic (exact) mass is 1160 g/mol. The van der Waals surface area contributed by atoms with Gasteiger partial charge in [0.25, 0.3) is 0 Å². The molecule has 81 heavy (non-hydrogen) atoms. The average molecular weight is 1160 g/mol. The number of nitrogens with two attached hydrogens (primary N) is 1. The number of aliphatic hydroxyl groups is 2. The number of phenols is 4. The smallest absolute Gasteiger partial charge is 0.330 e. The van der Waals surface area contributed by atoms with E-state index in [1.165, 1.54) is 55.6 Å². The number of halogens is 2. The number of amides is 6. The Bertz CT molecular complexity index is 3350. The summed E-state index contributed by atoms with van der Waals surface area (Å²) in [4.78, 5) is 95.2. The molecule has 6 amide bonds. The van der Waals surface area contributed by atoms with Gasteiger partial charge >= 0.3 is 5.97 Å². The van der Waals surface area contributed by atoms with E-state index in [-0.39, 0.29) is 61.8 Å². The Morgan fingerprint density at radius 3 is 1.85 bits per heavy atom. The Kier molecular flexibility index (Phi) is 18.5. The zero-order valence-corrected chi connectivity index (χ0v) is 45.0. The Hall–Kier alpha value is -8.88. The summed E-state index contributed by atoms with van der Waals surface area (Å²) in [7, 11) is 1.52. The van der Waals surface area contributed by atoms with Gasteiger partial charge in [-0.25, -0.2) is 4.79 Å². The molecule has 4 heterocycles. The van der Waals surface area contributed by atoms with Crippen molar-refractivity contribution >= 4 is 70.4 Å². The molecular formula is C54H57Cl2N9O16. The molecule has 0 saturated heterocycles. The van der Waals surface area contributed by atoms with Crippen LogP contribution in [0.5, 0.6) is 46.0 Å². The largest absolute Gasteiger partial charge is 0.508 e. The number of rotatable bonds is 9. The highest BCUT2D eigenvalue weighted by atomic mass is 35.5. The van der Waals surface area contributed by atoms with Crippen LogP contribution in [0.3, 0.4) is 0 Å². The number of aliphatic hydroxyl groups excluding tert-OH is 2. The zero-order chi connectivity index (χ0) is 59.3. The number of ether oxygens (including phenoxy) is 2. The van der Waals surface area contributed by atoms with Crippen LogP contribution in [0.2, 0.25) is 10.0 Å². The fourth-order valence-corrected chi connectivity index (χ4v) is 9.53. The molecule has 4 aliphatic heterocycles. The van der Waals surface area contributed by atoms with Gasteiger partial charge in [0.1, 0.15) is 71.0 Å². The van der Waals surface area contributed by atoms with Crippen LogP contribution in [0.1, 0.15) is 85.7 Å². The van der Waals surface area contributed by atoms with Gasteiger partial charge in [0.2, 0.25) is 41.2 Å². The first-order valence-electron chi connectivity index (χ1n) is 24.8. The molecule has 25 nitrogen and oxygen atoms in total. The molecule has 0 radical (unpaired) electrons. The lowest BCUT2D eigenvalue weighted by Crippen LogP contribution is -2.59. The van der Waals surface area contributed by atoms with Crippen LogP contribution in [0, 0.1) is 11.3 Å². The van der Waals surface area contributed by atoms with E-state index in [9.17, 15) is 74.7 Å². The standard InChI is InChI=1S/C54H57Cl2N9O16/c1-21(2)11-32(59-4)50(74)65-45-47(72)25-7-10-37(31(56)14-25)81-39-16-26-15-38(48(39)73)80-36-9-6-24(13-30(36)55)46(71)44(61-22(3)66)53(77)64-43(54(78)79)29-17-27(67)18-35(69)41(29)28-12-23(5-8-34(28)68)20-60-49(58)42(26)63-51(75)33(19-40(57)70)62-52(45)76/h5-10,12-18,21,32-33,42-47,59,67-69,71-73H,11,19-20H2,1-4H3,(H2,57,70)(H2,58,60)(H,61,66)(H,62,76)(H,63,75)(H,64,77)(H,65,74)(H,78,79)/t32-,33+,42-,43+,44+,45-,46-,47-/m1/s1. The molecule has 5 aromatic rings. The van der Waals surface area contributed by atoms with Crippen molar-refractivity contribution in [3.63, 3.8) is 0 Å². The Labute approximate surface area is 471 Å². The number of amidine groups is 1. The van der Waals surface area contributed by atoms with Gasteiger partial charge in [-0.15, -0.1) is 0 Å². The Morgan fingerprint density at radius 2 is 1.32 bits per heavy atom. The second-order valence-corrected chi connectivity index (χ2v) is 20.3. The van der Waals surface area contributed by atoms with Crippen LogP contribution in [-0.4, -0.2) is 114 Å². The Balaban J connectivity index is 1.44. The summed E-state index contributed by atoms with van der Waals surface area (Å²) in [5.74, 6) is -12.8. The van der Waals surface area contributed by atoms with Crippen LogP contribution in [0.15, 0.2) is 78.9 Å². The van der Waals surface area contributed by atoms with E-state index in [0.29, 0.717) is 6.42 Å². The zero-order valence-electron chi connectivity index (χ0n) is 43.5. The number of carbonyl (C=O) groups is 7. The molecule has 0 aliphatic carbocycles. The number of primary amides is 1. The molecule has 9 rings (SSSR count). The number of likely N-dealkylation sites (N-methyl/N-ethyl adjacent to an activating group) is 1. The SMILES string of the molecule is CN[C@H](CC(C)C)C(=O)N[C@H]1C(=O)N[C@@H](CC(N)=O)C(=O)N[C@H]2C(=N)NCc3ccc(O)c(c3)-c3c(O)cc(O)cc3[C@@H](C(=O)O)NC(=O)[C@@H](NC(C)=O)[C@H](O)c3ccc(c(Cl)c3)Oc3cc2cc(c3O)Oc2ccc(cc2Cl)[C@H]1O. The second-order valence-electron chi connectivity index (χ2n) is 19.5. The van der Waals surface area contributed by atoms with Crippen molar-refractivity contribution in [3.05, 3.63) is 117 Å². The summed E-state index contributed by atoms with van der Waals surface area (Å²) in [5, 5.41) is 106. The van der Waals surface area contributed by atoms with Gasteiger partial charge in [-0.2, -0.15) is 0 Å². The van der Waals surface area contributed by atoms with Gasteiger partial charge < -0.3 is 88.2 Å². The van der Waals surface area contributed by atoms with Crippen molar-refractivity contribution in [3.8, 4) is 57.1 Å². The van der Waals surface area contributed by atoms with Crippen molar-refractivity contribution in [2.75, 3.05) is 7.05 Å². The van der Waals surface area contributed by atoms with E-state index in [4.69, 9.17) is 38.4 Å². The van der Waals surface area contributed by atoms with Crippen molar-refractivity contribution in [1.82, 2.24) is 37.2 Å². The fourth-order valence-electron chi connectivity index (χ4n) is 9.08. The van der Waals surface area contributed by atoms with Gasteiger partial charge in [-0.05, 0) is 96.2 Å². The fraction of sp³-hybridized carbons (Fsp3) is 0.296. The predicted octanol–water partition coefficient (Wildman–Crippen LogP) is 3.31. The molecule has 8 atom stereocenters. The number of carboxylic acid groups (broad SMARTS) is 1. The normalized spacial score (nSPS) is 20.8. The van der Waals surface area contributed by atoms with Crippen molar-refractivity contribution < 1.29 is 78.8 Å². The number of nitrogens with one attached hydrogen (secondary N) is 8. The predicted molar refractivity (Wildman–Crippen MR) is 290 cm³/mol. The number of aliphatic carboxylic acids is 1. The van der Waals surface area contributed by atoms with Gasteiger partial charge in [0.15, 0.2) is 17.5 Å². The summed E-state index contributed by atoms with van der Waals surface area (Å²) >= 11 is 13.5. The van der Waals surface area contributed by atoms with E-state index in [1.54, 1.807) is 0 Å². The molecule has 9 bridgehead atoms. The number of carbonyl (C=O) groups excluding carboxylic acids is 6. The lowest BCUT2D eigenvalue weighted by Gasteiger charge is -2.29. The van der Waals surface area contributed by atoms with E-state index >= 15 is 0 Å². The van der Waals surface area contributed by atoms with E-state index in [0.717, 1.165) is 37.3 Å². The highest BCUT2D eigenvalue weighted by Crippen LogP contribution is 2.47. The van der Waals surface area contributed by atoms with Crippen LogP contribution in [-0.2, 0) is 40.1 Å². The lowest BCUT2D eigenvalue weighted by atomic mass is 9.91. The number of carboxylic acids is 1. The summed E-state index contributed by atoms with van der Waals surface area (Å²) in [6.07, 6.45) is -4.46. The number of aromatic hydroxyl groups is 4. The maximum atomic E-state index is 14.7. The molecule has 0 unspecified atom stereocenters. The highest BCUT2D eigenvalue weighted by Gasteiger charge is 2.39. The molecule has 4 aliphatic rings. The first kappa shape index (κ1) is 59.8.